The summed E-state index contributed by atoms with van der Waals surface area (Å²) < 4.78 is 40.6. The number of alkyl halides is 3. The van der Waals surface area contributed by atoms with Crippen LogP contribution < -0.4 is 9.20 Å². The summed E-state index contributed by atoms with van der Waals surface area (Å²) in [7, 11) is 0. The first-order valence-electron chi connectivity index (χ1n) is 11.8. The number of aliphatic carboxylic acids is 1. The molecule has 0 bridgehead atoms. The fourth-order valence-electron chi connectivity index (χ4n) is 4.44. The summed E-state index contributed by atoms with van der Waals surface area (Å²) in [5.41, 5.74) is 2.44. The van der Waals surface area contributed by atoms with Gasteiger partial charge in [-0.2, -0.15) is 13.2 Å². The predicted octanol–water partition coefficient (Wildman–Crippen LogP) is 6.09. The maximum Gasteiger partial charge on any atom is 0.416 e. The SMILES string of the molecule is CCC(SC1=CC(C)C(CCC(=O)O)C=C1)C1=CCc2nc(=C3C=CC(C(F)(F)F)=CC3)sc2=C1. The number of fused-ring (bicyclic) bond motifs is 1. The zero-order valence-corrected chi connectivity index (χ0v) is 21.3. The monoisotopic (exact) mass is 519 g/mol. The predicted molar refractivity (Wildman–Crippen MR) is 137 cm³/mol. The summed E-state index contributed by atoms with van der Waals surface area (Å²) in [6.07, 6.45) is 13.2. The molecule has 35 heavy (non-hydrogen) atoms. The lowest BCUT2D eigenvalue weighted by Crippen LogP contribution is -2.15. The van der Waals surface area contributed by atoms with Crippen LogP contribution in [0.4, 0.5) is 13.2 Å². The van der Waals surface area contributed by atoms with Gasteiger partial charge in [-0.25, -0.2) is 4.98 Å². The Balaban J connectivity index is 1.48. The first-order valence-corrected chi connectivity index (χ1v) is 13.5. The minimum atomic E-state index is -4.32. The lowest BCUT2D eigenvalue weighted by molar-refractivity contribution is -0.137. The Morgan fingerprint density at radius 2 is 2.06 bits per heavy atom. The molecule has 0 radical (unpaired) electrons. The first kappa shape index (κ1) is 25.8. The first-order chi connectivity index (χ1) is 16.6. The van der Waals surface area contributed by atoms with Gasteiger partial charge in [0.05, 0.1) is 15.8 Å². The second kappa shape index (κ2) is 10.7. The Labute approximate surface area is 211 Å². The van der Waals surface area contributed by atoms with E-state index in [1.54, 1.807) is 17.4 Å². The van der Waals surface area contributed by atoms with E-state index in [9.17, 15) is 18.0 Å². The van der Waals surface area contributed by atoms with E-state index < -0.39 is 17.7 Å². The minimum absolute atomic E-state index is 0.184. The number of thiazole rings is 1. The average Bonchev–Trinajstić information content (AvgIpc) is 3.25. The molecular formula is C27H28F3NO2S2. The van der Waals surface area contributed by atoms with Gasteiger partial charge in [-0.3, -0.25) is 4.79 Å². The van der Waals surface area contributed by atoms with E-state index in [0.29, 0.717) is 12.3 Å². The fraction of sp³-hybridized carbons (Fsp3) is 0.407. The number of rotatable bonds is 7. The summed E-state index contributed by atoms with van der Waals surface area (Å²) in [5, 5.41) is 9.24. The molecule has 4 rings (SSSR count). The molecule has 1 aromatic heterocycles. The van der Waals surface area contributed by atoms with Crippen LogP contribution in [-0.2, 0) is 11.2 Å². The van der Waals surface area contributed by atoms with Crippen LogP contribution in [-0.4, -0.2) is 27.5 Å². The average molecular weight is 520 g/mol. The Hall–Kier alpha value is -2.32. The second-order valence-electron chi connectivity index (χ2n) is 9.00. The normalized spacial score (nSPS) is 24.2. The van der Waals surface area contributed by atoms with E-state index in [1.165, 1.54) is 16.6 Å². The molecule has 0 aromatic carbocycles. The van der Waals surface area contributed by atoms with Gasteiger partial charge < -0.3 is 5.11 Å². The third kappa shape index (κ3) is 6.28. The van der Waals surface area contributed by atoms with Crippen molar-refractivity contribution in [2.45, 2.75) is 57.4 Å². The summed E-state index contributed by atoms with van der Waals surface area (Å²) in [6.45, 7) is 4.30. The molecule has 0 saturated carbocycles. The molecule has 186 valence electrons. The van der Waals surface area contributed by atoms with E-state index >= 15 is 0 Å². The number of carbonyl (C=O) groups is 1. The highest BCUT2D eigenvalue weighted by Crippen LogP contribution is 2.37. The molecular weight excluding hydrogens is 491 g/mol. The van der Waals surface area contributed by atoms with Crippen LogP contribution in [0.2, 0.25) is 0 Å². The number of aromatic nitrogens is 1. The quantitative estimate of drug-likeness (QED) is 0.474. The molecule has 0 aliphatic heterocycles. The summed E-state index contributed by atoms with van der Waals surface area (Å²) >= 11 is 3.37. The Bertz CT molecular complexity index is 1260. The molecule has 0 fully saturated rings. The van der Waals surface area contributed by atoms with Crippen LogP contribution in [0.5, 0.6) is 0 Å². The molecule has 3 aliphatic rings. The molecule has 0 spiro atoms. The zero-order chi connectivity index (χ0) is 25.2. The summed E-state index contributed by atoms with van der Waals surface area (Å²) in [6, 6.07) is 0. The molecule has 3 aliphatic carbocycles. The van der Waals surface area contributed by atoms with Crippen LogP contribution in [0.25, 0.3) is 11.6 Å². The number of allylic oxidation sites excluding steroid dienone is 8. The maximum absolute atomic E-state index is 12.9. The van der Waals surface area contributed by atoms with E-state index in [4.69, 9.17) is 10.1 Å². The number of carboxylic acids is 1. The third-order valence-electron chi connectivity index (χ3n) is 6.49. The molecule has 0 saturated heterocycles. The Morgan fingerprint density at radius 1 is 1.26 bits per heavy atom. The number of thioether (sulfide) groups is 1. The van der Waals surface area contributed by atoms with Crippen molar-refractivity contribution in [2.24, 2.45) is 11.8 Å². The van der Waals surface area contributed by atoms with E-state index in [-0.39, 0.29) is 24.0 Å². The van der Waals surface area contributed by atoms with Gasteiger partial charge in [0, 0.05) is 23.0 Å². The van der Waals surface area contributed by atoms with Gasteiger partial charge in [0.25, 0.3) is 0 Å². The van der Waals surface area contributed by atoms with Crippen molar-refractivity contribution < 1.29 is 23.1 Å². The van der Waals surface area contributed by atoms with Crippen molar-refractivity contribution in [1.82, 2.24) is 4.98 Å². The number of halogens is 3. The smallest absolute Gasteiger partial charge is 0.416 e. The van der Waals surface area contributed by atoms with Crippen LogP contribution in [0.1, 0.15) is 45.2 Å². The zero-order valence-electron chi connectivity index (χ0n) is 19.6. The maximum atomic E-state index is 12.9. The highest BCUT2D eigenvalue weighted by molar-refractivity contribution is 8.04. The van der Waals surface area contributed by atoms with Gasteiger partial charge in [-0.15, -0.1) is 23.1 Å². The van der Waals surface area contributed by atoms with Crippen LogP contribution in [0, 0.1) is 11.8 Å². The van der Waals surface area contributed by atoms with Gasteiger partial charge in [0.1, 0.15) is 4.66 Å². The van der Waals surface area contributed by atoms with E-state index in [2.05, 4.69) is 44.2 Å². The van der Waals surface area contributed by atoms with Crippen molar-refractivity contribution in [2.75, 3.05) is 0 Å². The van der Waals surface area contributed by atoms with E-state index in [0.717, 1.165) is 39.4 Å². The van der Waals surface area contributed by atoms with Crippen molar-refractivity contribution in [3.05, 3.63) is 73.5 Å². The topological polar surface area (TPSA) is 50.2 Å². The van der Waals surface area contributed by atoms with Crippen LogP contribution in [0.15, 0.2) is 58.6 Å². The number of nitrogens with zero attached hydrogens (tertiary/aromatic N) is 1. The lowest BCUT2D eigenvalue weighted by Gasteiger charge is -2.25. The molecule has 3 atom stereocenters. The summed E-state index contributed by atoms with van der Waals surface area (Å²) in [5.74, 6) is -0.207. The van der Waals surface area contributed by atoms with Crippen molar-refractivity contribution in [3.63, 3.8) is 0 Å². The van der Waals surface area contributed by atoms with E-state index in [1.807, 2.05) is 11.8 Å². The van der Waals surface area contributed by atoms with Crippen molar-refractivity contribution >= 4 is 40.7 Å². The molecule has 3 unspecified atom stereocenters. The Morgan fingerprint density at radius 3 is 2.69 bits per heavy atom. The molecule has 3 nitrogen and oxygen atoms in total. The highest BCUT2D eigenvalue weighted by atomic mass is 32.2. The molecule has 1 N–H and O–H groups in total. The molecule has 8 heteroatoms. The lowest BCUT2D eigenvalue weighted by atomic mass is 9.86. The van der Waals surface area contributed by atoms with Gasteiger partial charge in [0.15, 0.2) is 0 Å². The standard InChI is InChI=1S/C27H28F3NO2S2/c1-3-23(34-21-11-6-17(16(2)14-21)8-13-25(32)33)19-7-12-22-24(15-19)35-26(31-22)18-4-9-20(10-5-18)27(28,29)30/h4,6-7,9-11,14-17,23H,3,5,8,12-13H2,1-2H3,(H,32,33). The number of hydrogen-bond donors (Lipinski definition) is 1. The molecule has 1 aromatic rings. The highest BCUT2D eigenvalue weighted by Gasteiger charge is 2.32. The van der Waals surface area contributed by atoms with Crippen LogP contribution >= 0.6 is 23.1 Å². The second-order valence-corrected chi connectivity index (χ2v) is 11.3. The fourth-order valence-corrected chi connectivity index (χ4v) is 6.77. The van der Waals surface area contributed by atoms with Crippen molar-refractivity contribution in [1.29, 1.82) is 0 Å². The summed E-state index contributed by atoms with van der Waals surface area (Å²) in [4.78, 5) is 16.8. The third-order valence-corrected chi connectivity index (χ3v) is 9.04. The van der Waals surface area contributed by atoms with Gasteiger partial charge in [-0.05, 0) is 54.4 Å². The van der Waals surface area contributed by atoms with Gasteiger partial charge in [-0.1, -0.05) is 50.3 Å². The molecule has 0 amide bonds. The van der Waals surface area contributed by atoms with Crippen molar-refractivity contribution in [3.8, 4) is 0 Å². The number of hydrogen-bond acceptors (Lipinski definition) is 4. The van der Waals surface area contributed by atoms with Gasteiger partial charge >= 0.3 is 12.1 Å². The Kier molecular flexibility index (Phi) is 7.91. The minimum Gasteiger partial charge on any atom is -0.481 e. The van der Waals surface area contributed by atoms with Gasteiger partial charge in [0.2, 0.25) is 0 Å². The largest absolute Gasteiger partial charge is 0.481 e. The molecule has 1 heterocycles. The number of carboxylic acid groups (broad SMARTS) is 1. The van der Waals surface area contributed by atoms with Crippen LogP contribution in [0.3, 0.4) is 0 Å².